The van der Waals surface area contributed by atoms with Gasteiger partial charge >= 0.3 is 5.97 Å². The maximum absolute atomic E-state index is 10.5. The van der Waals surface area contributed by atoms with Crippen molar-refractivity contribution in [2.24, 2.45) is 0 Å². The molecular formula is C10H21NO3. The third-order valence-electron chi connectivity index (χ3n) is 2.17. The number of hydrogen-bond acceptors (Lipinski definition) is 3. The van der Waals surface area contributed by atoms with Gasteiger partial charge in [-0.15, -0.1) is 0 Å². The number of unbranched alkanes of at least 4 members (excludes halogenated alkanes) is 2. The summed E-state index contributed by atoms with van der Waals surface area (Å²) < 4.78 is 0. The quantitative estimate of drug-likeness (QED) is 0.461. The summed E-state index contributed by atoms with van der Waals surface area (Å²) in [5.74, 6) is -0.881. The van der Waals surface area contributed by atoms with Gasteiger partial charge in [0.25, 0.3) is 0 Å². The fraction of sp³-hybridized carbons (Fsp3) is 0.900. The number of carboxylic acid groups (broad SMARTS) is 1. The Balaban J connectivity index is 3.90. The summed E-state index contributed by atoms with van der Waals surface area (Å²) in [6.07, 6.45) is 3.07. The Morgan fingerprint density at radius 2 is 2.00 bits per heavy atom. The molecule has 0 heterocycles. The zero-order valence-corrected chi connectivity index (χ0v) is 9.07. The van der Waals surface area contributed by atoms with Gasteiger partial charge in [0.15, 0.2) is 0 Å². The molecule has 0 aromatic carbocycles. The lowest BCUT2D eigenvalue weighted by Crippen LogP contribution is -2.39. The van der Waals surface area contributed by atoms with Gasteiger partial charge in [-0.1, -0.05) is 26.7 Å². The molecule has 2 N–H and O–H groups in total. The Morgan fingerprint density at radius 3 is 2.43 bits per heavy atom. The van der Waals surface area contributed by atoms with Crippen molar-refractivity contribution in [3.63, 3.8) is 0 Å². The Labute approximate surface area is 85.5 Å². The molecule has 0 saturated heterocycles. The monoisotopic (exact) mass is 203 g/mol. The van der Waals surface area contributed by atoms with Crippen molar-refractivity contribution in [2.75, 3.05) is 13.1 Å². The van der Waals surface area contributed by atoms with Gasteiger partial charge in [0, 0.05) is 6.54 Å². The van der Waals surface area contributed by atoms with E-state index in [1.165, 1.54) is 0 Å². The summed E-state index contributed by atoms with van der Waals surface area (Å²) >= 11 is 0. The standard InChI is InChI=1S/C10H21NO3/c1-3-5-6-7-11(8-10(13)14)9(12)4-2/h9,12H,3-8H2,1-2H3,(H,13,14). The fourth-order valence-corrected chi connectivity index (χ4v) is 1.33. The fourth-order valence-electron chi connectivity index (χ4n) is 1.33. The van der Waals surface area contributed by atoms with Crippen LogP contribution < -0.4 is 0 Å². The van der Waals surface area contributed by atoms with E-state index in [0.717, 1.165) is 19.3 Å². The first-order valence-corrected chi connectivity index (χ1v) is 5.25. The lowest BCUT2D eigenvalue weighted by atomic mass is 10.2. The highest BCUT2D eigenvalue weighted by molar-refractivity contribution is 5.69. The van der Waals surface area contributed by atoms with E-state index in [1.54, 1.807) is 4.90 Å². The molecule has 0 aromatic heterocycles. The minimum Gasteiger partial charge on any atom is -0.480 e. The van der Waals surface area contributed by atoms with Crippen LogP contribution in [-0.2, 0) is 4.79 Å². The number of carboxylic acids is 1. The van der Waals surface area contributed by atoms with Crippen LogP contribution in [0.3, 0.4) is 0 Å². The highest BCUT2D eigenvalue weighted by Gasteiger charge is 2.15. The molecule has 0 radical (unpaired) electrons. The lowest BCUT2D eigenvalue weighted by Gasteiger charge is -2.25. The molecule has 84 valence electrons. The van der Waals surface area contributed by atoms with Gasteiger partial charge in [0.05, 0.1) is 6.54 Å². The van der Waals surface area contributed by atoms with Crippen LogP contribution >= 0.6 is 0 Å². The molecule has 0 saturated carbocycles. The molecule has 4 heteroatoms. The number of rotatable bonds is 8. The van der Waals surface area contributed by atoms with Crippen molar-refractivity contribution in [2.45, 2.75) is 45.8 Å². The summed E-state index contributed by atoms with van der Waals surface area (Å²) in [6.45, 7) is 4.53. The Morgan fingerprint density at radius 1 is 1.36 bits per heavy atom. The summed E-state index contributed by atoms with van der Waals surface area (Å²) in [6, 6.07) is 0. The van der Waals surface area contributed by atoms with Crippen molar-refractivity contribution in [3.8, 4) is 0 Å². The highest BCUT2D eigenvalue weighted by atomic mass is 16.4. The molecule has 1 atom stereocenters. The molecular weight excluding hydrogens is 182 g/mol. The van der Waals surface area contributed by atoms with Gasteiger partial charge in [-0.05, 0) is 12.8 Å². The van der Waals surface area contributed by atoms with E-state index in [9.17, 15) is 9.90 Å². The number of aliphatic carboxylic acids is 1. The third-order valence-corrected chi connectivity index (χ3v) is 2.17. The Bertz CT molecular complexity index is 161. The topological polar surface area (TPSA) is 60.8 Å². The normalized spacial score (nSPS) is 13.1. The third kappa shape index (κ3) is 5.94. The van der Waals surface area contributed by atoms with Crippen LogP contribution in [0.15, 0.2) is 0 Å². The molecule has 0 amide bonds. The van der Waals surface area contributed by atoms with Crippen molar-refractivity contribution < 1.29 is 15.0 Å². The number of hydrogen-bond donors (Lipinski definition) is 2. The summed E-state index contributed by atoms with van der Waals surface area (Å²) in [7, 11) is 0. The average Bonchev–Trinajstić information content (AvgIpc) is 2.15. The maximum atomic E-state index is 10.5. The van der Waals surface area contributed by atoms with E-state index < -0.39 is 12.2 Å². The Kier molecular flexibility index (Phi) is 7.42. The van der Waals surface area contributed by atoms with E-state index in [4.69, 9.17) is 5.11 Å². The average molecular weight is 203 g/mol. The number of aliphatic hydroxyl groups excluding tert-OH is 1. The van der Waals surface area contributed by atoms with Gasteiger partial charge < -0.3 is 10.2 Å². The van der Waals surface area contributed by atoms with E-state index in [1.807, 2.05) is 6.92 Å². The van der Waals surface area contributed by atoms with Crippen LogP contribution in [0.1, 0.15) is 39.5 Å². The maximum Gasteiger partial charge on any atom is 0.317 e. The van der Waals surface area contributed by atoms with E-state index in [0.29, 0.717) is 13.0 Å². The zero-order valence-electron chi connectivity index (χ0n) is 9.07. The van der Waals surface area contributed by atoms with Crippen LogP contribution in [0.5, 0.6) is 0 Å². The largest absolute Gasteiger partial charge is 0.480 e. The van der Waals surface area contributed by atoms with Crippen LogP contribution in [0.4, 0.5) is 0 Å². The minimum absolute atomic E-state index is 0.0707. The zero-order chi connectivity index (χ0) is 11.0. The molecule has 0 aliphatic carbocycles. The second kappa shape index (κ2) is 7.76. The van der Waals surface area contributed by atoms with Crippen molar-refractivity contribution in [1.29, 1.82) is 0 Å². The summed E-state index contributed by atoms with van der Waals surface area (Å²) in [5.41, 5.74) is 0. The predicted octanol–water partition coefficient (Wildman–Crippen LogP) is 1.29. The lowest BCUT2D eigenvalue weighted by molar-refractivity contribution is -0.141. The van der Waals surface area contributed by atoms with Crippen molar-refractivity contribution in [3.05, 3.63) is 0 Å². The van der Waals surface area contributed by atoms with Gasteiger partial charge in [0.2, 0.25) is 0 Å². The van der Waals surface area contributed by atoms with Crippen LogP contribution in [0.25, 0.3) is 0 Å². The van der Waals surface area contributed by atoms with Crippen LogP contribution in [-0.4, -0.2) is 40.4 Å². The number of carbonyl (C=O) groups is 1. The molecule has 0 rings (SSSR count). The molecule has 0 spiro atoms. The van der Waals surface area contributed by atoms with Gasteiger partial charge in [-0.25, -0.2) is 0 Å². The number of aliphatic hydroxyl groups is 1. The SMILES string of the molecule is CCCCCN(CC(=O)O)C(O)CC. The van der Waals surface area contributed by atoms with Crippen LogP contribution in [0, 0.1) is 0 Å². The minimum atomic E-state index is -0.881. The number of nitrogens with zero attached hydrogens (tertiary/aromatic N) is 1. The molecule has 14 heavy (non-hydrogen) atoms. The summed E-state index contributed by atoms with van der Waals surface area (Å²) in [5, 5.41) is 18.2. The van der Waals surface area contributed by atoms with Gasteiger partial charge in [-0.2, -0.15) is 0 Å². The smallest absolute Gasteiger partial charge is 0.317 e. The molecule has 0 aliphatic heterocycles. The predicted molar refractivity (Wildman–Crippen MR) is 55.0 cm³/mol. The van der Waals surface area contributed by atoms with Crippen LogP contribution in [0.2, 0.25) is 0 Å². The first kappa shape index (κ1) is 13.4. The van der Waals surface area contributed by atoms with E-state index in [-0.39, 0.29) is 6.54 Å². The molecule has 4 nitrogen and oxygen atoms in total. The molecule has 0 fully saturated rings. The first-order valence-electron chi connectivity index (χ1n) is 5.25. The first-order chi connectivity index (χ1) is 6.61. The Hall–Kier alpha value is -0.610. The molecule has 0 aliphatic rings. The molecule has 1 unspecified atom stereocenters. The second-order valence-electron chi connectivity index (χ2n) is 3.46. The van der Waals surface area contributed by atoms with Crippen molar-refractivity contribution >= 4 is 5.97 Å². The van der Waals surface area contributed by atoms with Gasteiger partial charge in [0.1, 0.15) is 6.23 Å². The summed E-state index contributed by atoms with van der Waals surface area (Å²) in [4.78, 5) is 12.1. The van der Waals surface area contributed by atoms with E-state index in [2.05, 4.69) is 6.92 Å². The van der Waals surface area contributed by atoms with Gasteiger partial charge in [-0.3, -0.25) is 9.69 Å². The second-order valence-corrected chi connectivity index (χ2v) is 3.46. The van der Waals surface area contributed by atoms with E-state index >= 15 is 0 Å². The highest BCUT2D eigenvalue weighted by Crippen LogP contribution is 2.04. The molecule has 0 aromatic rings. The van der Waals surface area contributed by atoms with Crippen molar-refractivity contribution in [1.82, 2.24) is 4.90 Å². The molecule has 0 bridgehead atoms.